The van der Waals surface area contributed by atoms with Gasteiger partial charge in [-0.25, -0.2) is 4.39 Å². The lowest BCUT2D eigenvalue weighted by Gasteiger charge is -2.19. The number of anilines is 2. The lowest BCUT2D eigenvalue weighted by molar-refractivity contribution is -0.115. The van der Waals surface area contributed by atoms with Crippen LogP contribution in [0.25, 0.3) is 0 Å². The maximum Gasteiger partial charge on any atom is 0.238 e. The van der Waals surface area contributed by atoms with Crippen molar-refractivity contribution >= 4 is 17.3 Å². The lowest BCUT2D eigenvalue weighted by atomic mass is 10.2. The Hall–Kier alpha value is -1.62. The Morgan fingerprint density at radius 1 is 1.35 bits per heavy atom. The molecular formula is C15H22FN3O. The number of nitrogens with zero attached hydrogens (tertiary/aromatic N) is 1. The molecule has 2 rings (SSSR count). The van der Waals surface area contributed by atoms with Crippen molar-refractivity contribution in [1.29, 1.82) is 0 Å². The molecule has 4 nitrogen and oxygen atoms in total. The minimum absolute atomic E-state index is 0.160. The molecule has 1 heterocycles. The quantitative estimate of drug-likeness (QED) is 0.869. The zero-order valence-corrected chi connectivity index (χ0v) is 12.1. The second kappa shape index (κ2) is 6.70. The smallest absolute Gasteiger partial charge is 0.238 e. The van der Waals surface area contributed by atoms with Crippen LogP contribution in [0.1, 0.15) is 26.7 Å². The highest BCUT2D eigenvalue weighted by Gasteiger charge is 2.16. The monoisotopic (exact) mass is 279 g/mol. The number of hydrogen-bond donors (Lipinski definition) is 2. The van der Waals surface area contributed by atoms with E-state index >= 15 is 0 Å². The largest absolute Gasteiger partial charge is 0.369 e. The molecule has 0 radical (unpaired) electrons. The molecule has 0 unspecified atom stereocenters. The van der Waals surface area contributed by atoms with Crippen molar-refractivity contribution in [2.24, 2.45) is 0 Å². The molecule has 1 aromatic rings. The van der Waals surface area contributed by atoms with Gasteiger partial charge in [-0.3, -0.25) is 4.79 Å². The molecule has 1 aliphatic rings. The Morgan fingerprint density at radius 3 is 2.65 bits per heavy atom. The molecule has 0 saturated carbocycles. The third-order valence-electron chi connectivity index (χ3n) is 3.35. The minimum atomic E-state index is -0.276. The van der Waals surface area contributed by atoms with E-state index in [0.717, 1.165) is 25.9 Å². The van der Waals surface area contributed by atoms with E-state index in [1.54, 1.807) is 12.1 Å². The molecule has 2 N–H and O–H groups in total. The second-order valence-electron chi connectivity index (χ2n) is 5.44. The SMILES string of the molecule is CC(C)NCC(=O)Nc1ccc(N2CCCC2)c(F)c1. The van der Waals surface area contributed by atoms with E-state index in [9.17, 15) is 9.18 Å². The zero-order chi connectivity index (χ0) is 14.5. The third kappa shape index (κ3) is 3.93. The van der Waals surface area contributed by atoms with Crippen LogP contribution in [0, 0.1) is 5.82 Å². The van der Waals surface area contributed by atoms with E-state index in [-0.39, 0.29) is 24.3 Å². The van der Waals surface area contributed by atoms with Gasteiger partial charge >= 0.3 is 0 Å². The van der Waals surface area contributed by atoms with Gasteiger partial charge in [-0.05, 0) is 31.0 Å². The highest BCUT2D eigenvalue weighted by atomic mass is 19.1. The molecule has 1 aromatic carbocycles. The summed E-state index contributed by atoms with van der Waals surface area (Å²) in [6.07, 6.45) is 2.22. The van der Waals surface area contributed by atoms with Crippen molar-refractivity contribution in [3.63, 3.8) is 0 Å². The summed E-state index contributed by atoms with van der Waals surface area (Å²) in [4.78, 5) is 13.7. The second-order valence-corrected chi connectivity index (χ2v) is 5.44. The van der Waals surface area contributed by atoms with E-state index in [1.165, 1.54) is 6.07 Å². The molecule has 0 aromatic heterocycles. The fraction of sp³-hybridized carbons (Fsp3) is 0.533. The van der Waals surface area contributed by atoms with Gasteiger partial charge < -0.3 is 15.5 Å². The normalized spacial score (nSPS) is 14.9. The fourth-order valence-electron chi connectivity index (χ4n) is 2.30. The van der Waals surface area contributed by atoms with Crippen molar-refractivity contribution in [2.45, 2.75) is 32.7 Å². The minimum Gasteiger partial charge on any atom is -0.369 e. The number of benzene rings is 1. The Bertz CT molecular complexity index is 470. The van der Waals surface area contributed by atoms with E-state index in [1.807, 2.05) is 18.7 Å². The summed E-state index contributed by atoms with van der Waals surface area (Å²) in [5.41, 5.74) is 1.13. The molecule has 1 aliphatic heterocycles. The van der Waals surface area contributed by atoms with E-state index in [4.69, 9.17) is 0 Å². The van der Waals surface area contributed by atoms with Crippen molar-refractivity contribution < 1.29 is 9.18 Å². The van der Waals surface area contributed by atoms with E-state index < -0.39 is 0 Å². The molecule has 1 saturated heterocycles. The van der Waals surface area contributed by atoms with Gasteiger partial charge in [0.15, 0.2) is 0 Å². The molecule has 0 spiro atoms. The standard InChI is InChI=1S/C15H22FN3O/c1-11(2)17-10-15(20)18-12-5-6-14(13(16)9-12)19-7-3-4-8-19/h5-6,9,11,17H,3-4,7-8,10H2,1-2H3,(H,18,20). The molecular weight excluding hydrogens is 257 g/mol. The third-order valence-corrected chi connectivity index (χ3v) is 3.35. The lowest BCUT2D eigenvalue weighted by Crippen LogP contribution is -2.32. The van der Waals surface area contributed by atoms with Gasteiger partial charge in [0.05, 0.1) is 12.2 Å². The highest BCUT2D eigenvalue weighted by molar-refractivity contribution is 5.92. The molecule has 1 amide bonds. The number of carbonyl (C=O) groups is 1. The Balaban J connectivity index is 1.96. The number of hydrogen-bond acceptors (Lipinski definition) is 3. The summed E-state index contributed by atoms with van der Waals surface area (Å²) >= 11 is 0. The maximum atomic E-state index is 14.1. The van der Waals surface area contributed by atoms with Gasteiger partial charge in [0.1, 0.15) is 5.82 Å². The van der Waals surface area contributed by atoms with Gasteiger partial charge in [0, 0.05) is 24.8 Å². The first kappa shape index (κ1) is 14.8. The molecule has 0 aliphatic carbocycles. The van der Waals surface area contributed by atoms with Crippen LogP contribution in [0.3, 0.4) is 0 Å². The molecule has 0 bridgehead atoms. The number of rotatable bonds is 5. The van der Waals surface area contributed by atoms with Crippen molar-refractivity contribution in [2.75, 3.05) is 29.9 Å². The molecule has 110 valence electrons. The zero-order valence-electron chi connectivity index (χ0n) is 12.1. The first-order chi connectivity index (χ1) is 9.56. The molecule has 5 heteroatoms. The molecule has 0 atom stereocenters. The molecule has 1 fully saturated rings. The van der Waals surface area contributed by atoms with Crippen molar-refractivity contribution in [3.8, 4) is 0 Å². The number of carbonyl (C=O) groups excluding carboxylic acids is 1. The summed E-state index contributed by atoms with van der Waals surface area (Å²) < 4.78 is 14.1. The average molecular weight is 279 g/mol. The van der Waals surface area contributed by atoms with Crippen LogP contribution in [-0.4, -0.2) is 31.6 Å². The summed E-state index contributed by atoms with van der Waals surface area (Å²) in [5.74, 6) is -0.437. The summed E-state index contributed by atoms with van der Waals surface area (Å²) in [6, 6.07) is 5.13. The van der Waals surface area contributed by atoms with Crippen molar-refractivity contribution in [1.82, 2.24) is 5.32 Å². The van der Waals surface area contributed by atoms with Crippen molar-refractivity contribution in [3.05, 3.63) is 24.0 Å². The van der Waals surface area contributed by atoms with Gasteiger partial charge in [0.25, 0.3) is 0 Å². The fourth-order valence-corrected chi connectivity index (χ4v) is 2.30. The Kier molecular flexibility index (Phi) is 4.95. The predicted octanol–water partition coefficient (Wildman–Crippen LogP) is 2.36. The topological polar surface area (TPSA) is 44.4 Å². The van der Waals surface area contributed by atoms with Crippen LogP contribution in [0.4, 0.5) is 15.8 Å². The first-order valence-corrected chi connectivity index (χ1v) is 7.14. The maximum absolute atomic E-state index is 14.1. The Morgan fingerprint density at radius 2 is 2.05 bits per heavy atom. The number of nitrogens with one attached hydrogen (secondary N) is 2. The van der Waals surface area contributed by atoms with Crippen LogP contribution < -0.4 is 15.5 Å². The van der Waals surface area contributed by atoms with Crippen LogP contribution in [0.5, 0.6) is 0 Å². The first-order valence-electron chi connectivity index (χ1n) is 7.14. The number of halogens is 1. The van der Waals surface area contributed by atoms with Crippen LogP contribution in [0.2, 0.25) is 0 Å². The Labute approximate surface area is 119 Å². The summed E-state index contributed by atoms with van der Waals surface area (Å²) in [5, 5.41) is 5.72. The van der Waals surface area contributed by atoms with Gasteiger partial charge in [0.2, 0.25) is 5.91 Å². The van der Waals surface area contributed by atoms with Crippen LogP contribution in [0.15, 0.2) is 18.2 Å². The highest BCUT2D eigenvalue weighted by Crippen LogP contribution is 2.25. The summed E-state index contributed by atoms with van der Waals surface area (Å²) in [7, 11) is 0. The average Bonchev–Trinajstić information content (AvgIpc) is 2.90. The van der Waals surface area contributed by atoms with Gasteiger partial charge in [-0.15, -0.1) is 0 Å². The predicted molar refractivity (Wildman–Crippen MR) is 79.6 cm³/mol. The van der Waals surface area contributed by atoms with E-state index in [0.29, 0.717) is 11.4 Å². The summed E-state index contributed by atoms with van der Waals surface area (Å²) in [6.45, 7) is 5.98. The van der Waals surface area contributed by atoms with E-state index in [2.05, 4.69) is 10.6 Å². The van der Waals surface area contributed by atoms with Crippen LogP contribution in [-0.2, 0) is 4.79 Å². The van der Waals surface area contributed by atoms with Gasteiger partial charge in [-0.1, -0.05) is 13.8 Å². The van der Waals surface area contributed by atoms with Crippen LogP contribution >= 0.6 is 0 Å². The number of amides is 1. The van der Waals surface area contributed by atoms with Gasteiger partial charge in [-0.2, -0.15) is 0 Å². The molecule has 20 heavy (non-hydrogen) atoms.